The van der Waals surface area contributed by atoms with Gasteiger partial charge in [-0.25, -0.2) is 0 Å². The van der Waals surface area contributed by atoms with Crippen molar-refractivity contribution in [3.05, 3.63) is 77.9 Å². The molecule has 0 unspecified atom stereocenters. The molecule has 33 heavy (non-hydrogen) atoms. The van der Waals surface area contributed by atoms with Gasteiger partial charge in [0.2, 0.25) is 5.91 Å². The summed E-state index contributed by atoms with van der Waals surface area (Å²) in [5.74, 6) is 1.28. The van der Waals surface area contributed by atoms with Crippen LogP contribution in [0.25, 0.3) is 0 Å². The zero-order chi connectivity index (χ0) is 23.6. The molecule has 0 atom stereocenters. The van der Waals surface area contributed by atoms with Gasteiger partial charge in [-0.05, 0) is 61.9 Å². The van der Waals surface area contributed by atoms with Crippen LogP contribution in [0.15, 0.2) is 66.7 Å². The fraction of sp³-hybridized carbons (Fsp3) is 0.231. The van der Waals surface area contributed by atoms with E-state index in [1.54, 1.807) is 42.5 Å². The second-order valence-electron chi connectivity index (χ2n) is 7.11. The number of hydrogen-bond acceptors (Lipinski definition) is 5. The molecule has 0 saturated heterocycles. The lowest BCUT2D eigenvalue weighted by Crippen LogP contribution is -2.16. The average Bonchev–Trinajstić information content (AvgIpc) is 2.82. The minimum Gasteiger partial charge on any atom is -0.495 e. The molecule has 3 aromatic carbocycles. The van der Waals surface area contributed by atoms with Crippen LogP contribution in [0.5, 0.6) is 17.2 Å². The van der Waals surface area contributed by atoms with Crippen molar-refractivity contribution < 1.29 is 23.8 Å². The Morgan fingerprint density at radius 2 is 1.48 bits per heavy atom. The van der Waals surface area contributed by atoms with E-state index in [-0.39, 0.29) is 18.2 Å². The average molecular weight is 449 g/mol. The van der Waals surface area contributed by atoms with E-state index in [0.717, 1.165) is 5.56 Å². The van der Waals surface area contributed by atoms with E-state index >= 15 is 0 Å². The highest BCUT2D eigenvalue weighted by Crippen LogP contribution is 2.30. The fourth-order valence-electron chi connectivity index (χ4n) is 3.26. The van der Waals surface area contributed by atoms with Gasteiger partial charge in [0, 0.05) is 11.3 Å². The van der Waals surface area contributed by atoms with Crippen molar-refractivity contribution in [3.63, 3.8) is 0 Å². The Labute approximate surface area is 193 Å². The minimum atomic E-state index is -0.268. The second-order valence-corrected chi connectivity index (χ2v) is 7.11. The van der Waals surface area contributed by atoms with Crippen LogP contribution in [0.3, 0.4) is 0 Å². The molecule has 0 aromatic heterocycles. The van der Waals surface area contributed by atoms with Crippen molar-refractivity contribution in [2.24, 2.45) is 0 Å². The first-order valence-corrected chi connectivity index (χ1v) is 10.8. The summed E-state index contributed by atoms with van der Waals surface area (Å²) >= 11 is 0. The Kier molecular flexibility index (Phi) is 8.30. The van der Waals surface area contributed by atoms with E-state index in [1.807, 2.05) is 38.1 Å². The van der Waals surface area contributed by atoms with Gasteiger partial charge in [-0.2, -0.15) is 0 Å². The second kappa shape index (κ2) is 11.6. The Hall–Kier alpha value is -4.00. The zero-order valence-corrected chi connectivity index (χ0v) is 19.0. The lowest BCUT2D eigenvalue weighted by molar-refractivity contribution is -0.115. The highest BCUT2D eigenvalue weighted by Gasteiger charge is 2.13. The molecule has 0 aliphatic heterocycles. The standard InChI is InChI=1S/C26H28N2O5/c1-4-32-23-13-11-18(15-24(23)33-5-2)16-25(29)27-20-12-14-22(31-3)21(17-20)28-26(30)19-9-7-6-8-10-19/h6-15,17H,4-5,16H2,1-3H3,(H,27,29)(H,28,30). The van der Waals surface area contributed by atoms with Gasteiger partial charge < -0.3 is 24.8 Å². The van der Waals surface area contributed by atoms with E-state index in [9.17, 15) is 9.59 Å². The molecule has 172 valence electrons. The number of anilines is 2. The van der Waals surface area contributed by atoms with Crippen LogP contribution in [0.2, 0.25) is 0 Å². The molecule has 2 amide bonds. The smallest absolute Gasteiger partial charge is 0.255 e. The molecule has 0 bridgehead atoms. The molecule has 3 aromatic rings. The predicted molar refractivity (Wildman–Crippen MR) is 129 cm³/mol. The maximum absolute atomic E-state index is 12.7. The largest absolute Gasteiger partial charge is 0.495 e. The summed E-state index contributed by atoms with van der Waals surface area (Å²) in [7, 11) is 1.52. The molecule has 3 rings (SSSR count). The van der Waals surface area contributed by atoms with Crippen LogP contribution in [0.1, 0.15) is 29.8 Å². The number of rotatable bonds is 10. The van der Waals surface area contributed by atoms with Gasteiger partial charge in [0.25, 0.3) is 5.91 Å². The Morgan fingerprint density at radius 1 is 0.788 bits per heavy atom. The van der Waals surface area contributed by atoms with Gasteiger partial charge in [0.1, 0.15) is 5.75 Å². The first kappa shape index (κ1) is 23.7. The predicted octanol–water partition coefficient (Wildman–Crippen LogP) is 4.93. The summed E-state index contributed by atoms with van der Waals surface area (Å²) in [6.45, 7) is 4.83. The van der Waals surface area contributed by atoms with Crippen LogP contribution >= 0.6 is 0 Å². The van der Waals surface area contributed by atoms with Gasteiger partial charge in [0.15, 0.2) is 11.5 Å². The maximum atomic E-state index is 12.7. The normalized spacial score (nSPS) is 10.3. The molecule has 0 heterocycles. The minimum absolute atomic E-state index is 0.157. The van der Waals surface area contributed by atoms with Crippen molar-refractivity contribution in [2.45, 2.75) is 20.3 Å². The Bertz CT molecular complexity index is 1100. The number of hydrogen-bond donors (Lipinski definition) is 2. The monoisotopic (exact) mass is 448 g/mol. The molecule has 7 nitrogen and oxygen atoms in total. The highest BCUT2D eigenvalue weighted by atomic mass is 16.5. The summed E-state index contributed by atoms with van der Waals surface area (Å²) in [5, 5.41) is 5.70. The van der Waals surface area contributed by atoms with E-state index < -0.39 is 0 Å². The van der Waals surface area contributed by atoms with Crippen molar-refractivity contribution in [1.82, 2.24) is 0 Å². The lowest BCUT2D eigenvalue weighted by Gasteiger charge is -2.14. The van der Waals surface area contributed by atoms with Crippen LogP contribution in [0, 0.1) is 0 Å². The van der Waals surface area contributed by atoms with E-state index in [1.165, 1.54) is 7.11 Å². The van der Waals surface area contributed by atoms with Gasteiger partial charge in [0.05, 0.1) is 32.4 Å². The van der Waals surface area contributed by atoms with Crippen molar-refractivity contribution >= 4 is 23.2 Å². The number of carbonyl (C=O) groups is 2. The zero-order valence-electron chi connectivity index (χ0n) is 19.0. The highest BCUT2D eigenvalue weighted by molar-refractivity contribution is 6.05. The SMILES string of the molecule is CCOc1ccc(CC(=O)Nc2ccc(OC)c(NC(=O)c3ccccc3)c2)cc1OCC. The quantitative estimate of drug-likeness (QED) is 0.460. The first-order chi connectivity index (χ1) is 16.0. The Balaban J connectivity index is 1.71. The van der Waals surface area contributed by atoms with Crippen LogP contribution in [-0.4, -0.2) is 32.1 Å². The third-order valence-electron chi connectivity index (χ3n) is 4.74. The van der Waals surface area contributed by atoms with Gasteiger partial charge in [-0.3, -0.25) is 9.59 Å². The summed E-state index contributed by atoms with van der Waals surface area (Å²) < 4.78 is 16.6. The third kappa shape index (κ3) is 6.49. The molecule has 0 aliphatic rings. The van der Waals surface area contributed by atoms with Crippen LogP contribution < -0.4 is 24.8 Å². The first-order valence-electron chi connectivity index (χ1n) is 10.8. The summed E-state index contributed by atoms with van der Waals surface area (Å²) in [5.41, 5.74) is 2.32. The molecule has 0 radical (unpaired) electrons. The van der Waals surface area contributed by atoms with Crippen molar-refractivity contribution in [2.75, 3.05) is 31.0 Å². The summed E-state index contributed by atoms with van der Waals surface area (Å²) in [4.78, 5) is 25.2. The number of methoxy groups -OCH3 is 1. The molecule has 0 spiro atoms. The van der Waals surface area contributed by atoms with Gasteiger partial charge >= 0.3 is 0 Å². The van der Waals surface area contributed by atoms with Gasteiger partial charge in [-0.1, -0.05) is 24.3 Å². The number of nitrogens with one attached hydrogen (secondary N) is 2. The Morgan fingerprint density at radius 3 is 2.18 bits per heavy atom. The number of carbonyl (C=O) groups excluding carboxylic acids is 2. The van der Waals surface area contributed by atoms with Gasteiger partial charge in [-0.15, -0.1) is 0 Å². The van der Waals surface area contributed by atoms with E-state index in [0.29, 0.717) is 47.4 Å². The maximum Gasteiger partial charge on any atom is 0.255 e. The molecular formula is C26H28N2O5. The van der Waals surface area contributed by atoms with E-state index in [4.69, 9.17) is 14.2 Å². The topological polar surface area (TPSA) is 85.9 Å². The molecule has 2 N–H and O–H groups in total. The molecule has 7 heteroatoms. The van der Waals surface area contributed by atoms with Crippen LogP contribution in [0.4, 0.5) is 11.4 Å². The molecule has 0 fully saturated rings. The summed E-state index contributed by atoms with van der Waals surface area (Å²) in [6, 6.07) is 19.4. The molecule has 0 aliphatic carbocycles. The lowest BCUT2D eigenvalue weighted by atomic mass is 10.1. The third-order valence-corrected chi connectivity index (χ3v) is 4.74. The van der Waals surface area contributed by atoms with E-state index in [2.05, 4.69) is 10.6 Å². The van der Waals surface area contributed by atoms with Crippen molar-refractivity contribution in [1.29, 1.82) is 0 Å². The van der Waals surface area contributed by atoms with Crippen LogP contribution in [-0.2, 0) is 11.2 Å². The molecule has 0 saturated carbocycles. The number of benzene rings is 3. The number of amides is 2. The molecular weight excluding hydrogens is 420 g/mol. The summed E-state index contributed by atoms with van der Waals surface area (Å²) in [6.07, 6.45) is 0.157. The fourth-order valence-corrected chi connectivity index (χ4v) is 3.26. The number of ether oxygens (including phenoxy) is 3. The van der Waals surface area contributed by atoms with Crippen molar-refractivity contribution in [3.8, 4) is 17.2 Å².